The van der Waals surface area contributed by atoms with Crippen LogP contribution in [0.15, 0.2) is 48.0 Å². The van der Waals surface area contributed by atoms with Gasteiger partial charge in [0, 0.05) is 36.0 Å². The maximum absolute atomic E-state index is 12.8. The number of rotatable bonds is 8. The lowest BCUT2D eigenvalue weighted by Gasteiger charge is -2.26. The number of ether oxygens (including phenoxy) is 2. The Kier molecular flexibility index (Phi) is 6.57. The number of hydrogen-bond acceptors (Lipinski definition) is 6. The molecule has 1 heterocycles. The number of carbonyl (C=O) groups is 2. The Bertz CT molecular complexity index is 1000. The number of ketones is 1. The van der Waals surface area contributed by atoms with Crippen molar-refractivity contribution < 1.29 is 24.2 Å². The highest BCUT2D eigenvalue weighted by Crippen LogP contribution is 2.33. The SMILES string of the molecule is CCN(CC)c1ccc2c(c1)OC(C=O)C(C(=O)C=Cc1ccc(O)c(OC)c1)=C2. The molecule has 0 saturated carbocycles. The zero-order chi connectivity index (χ0) is 21.7. The van der Waals surface area contributed by atoms with Gasteiger partial charge in [-0.15, -0.1) is 0 Å². The van der Waals surface area contributed by atoms with Gasteiger partial charge in [-0.2, -0.15) is 0 Å². The second kappa shape index (κ2) is 9.31. The Morgan fingerprint density at radius 2 is 1.97 bits per heavy atom. The van der Waals surface area contributed by atoms with Gasteiger partial charge < -0.3 is 19.5 Å². The molecule has 2 aromatic carbocycles. The molecule has 3 rings (SSSR count). The van der Waals surface area contributed by atoms with Crippen LogP contribution in [-0.2, 0) is 9.59 Å². The summed E-state index contributed by atoms with van der Waals surface area (Å²) < 4.78 is 10.9. The van der Waals surface area contributed by atoms with Crippen LogP contribution in [0, 0.1) is 0 Å². The highest BCUT2D eigenvalue weighted by atomic mass is 16.5. The Morgan fingerprint density at radius 1 is 1.20 bits per heavy atom. The molecule has 0 spiro atoms. The zero-order valence-corrected chi connectivity index (χ0v) is 17.3. The first-order valence-corrected chi connectivity index (χ1v) is 9.82. The maximum atomic E-state index is 12.8. The van der Waals surface area contributed by atoms with Crippen LogP contribution >= 0.6 is 0 Å². The average Bonchev–Trinajstić information content (AvgIpc) is 2.78. The molecule has 0 radical (unpaired) electrons. The first kappa shape index (κ1) is 21.2. The molecule has 0 saturated heterocycles. The maximum Gasteiger partial charge on any atom is 0.186 e. The summed E-state index contributed by atoms with van der Waals surface area (Å²) in [6.07, 6.45) is 4.36. The predicted octanol–water partition coefficient (Wildman–Crippen LogP) is 3.87. The van der Waals surface area contributed by atoms with E-state index in [1.54, 1.807) is 24.3 Å². The van der Waals surface area contributed by atoms with E-state index in [1.165, 1.54) is 19.3 Å². The van der Waals surface area contributed by atoms with Crippen LogP contribution in [0.25, 0.3) is 12.2 Å². The van der Waals surface area contributed by atoms with Crippen LogP contribution < -0.4 is 14.4 Å². The number of anilines is 1. The van der Waals surface area contributed by atoms with Gasteiger partial charge in [0.05, 0.1) is 7.11 Å². The zero-order valence-electron chi connectivity index (χ0n) is 17.3. The van der Waals surface area contributed by atoms with Crippen LogP contribution in [0.4, 0.5) is 5.69 Å². The number of methoxy groups -OCH3 is 1. The van der Waals surface area contributed by atoms with Crippen molar-refractivity contribution in [2.24, 2.45) is 0 Å². The fraction of sp³-hybridized carbons (Fsp3) is 0.250. The van der Waals surface area contributed by atoms with E-state index >= 15 is 0 Å². The number of benzene rings is 2. The normalized spacial score (nSPS) is 15.2. The summed E-state index contributed by atoms with van der Waals surface area (Å²) in [6.45, 7) is 5.87. The summed E-state index contributed by atoms with van der Waals surface area (Å²) in [7, 11) is 1.45. The van der Waals surface area contributed by atoms with Crippen molar-refractivity contribution >= 4 is 29.9 Å². The topological polar surface area (TPSA) is 76.1 Å². The number of phenolic OH excluding ortho intramolecular Hbond substituents is 1. The number of allylic oxidation sites excluding steroid dienone is 1. The number of fused-ring (bicyclic) bond motifs is 1. The van der Waals surface area contributed by atoms with Gasteiger partial charge in [-0.3, -0.25) is 9.59 Å². The molecule has 1 N–H and O–H groups in total. The minimum absolute atomic E-state index is 0.0195. The third-order valence-electron chi connectivity index (χ3n) is 5.04. The molecule has 2 aromatic rings. The first-order chi connectivity index (χ1) is 14.5. The predicted molar refractivity (Wildman–Crippen MR) is 117 cm³/mol. The van der Waals surface area contributed by atoms with Gasteiger partial charge in [0.2, 0.25) is 0 Å². The highest BCUT2D eigenvalue weighted by molar-refractivity contribution is 6.12. The van der Waals surface area contributed by atoms with Crippen molar-refractivity contribution in [3.8, 4) is 17.2 Å². The van der Waals surface area contributed by atoms with Crippen LogP contribution in [0.2, 0.25) is 0 Å². The lowest BCUT2D eigenvalue weighted by molar-refractivity contribution is -0.117. The summed E-state index contributed by atoms with van der Waals surface area (Å²) in [5.41, 5.74) is 2.72. The second-order valence-electron chi connectivity index (χ2n) is 6.80. The molecule has 6 heteroatoms. The molecule has 0 bridgehead atoms. The molecule has 0 aromatic heterocycles. The highest BCUT2D eigenvalue weighted by Gasteiger charge is 2.26. The second-order valence-corrected chi connectivity index (χ2v) is 6.80. The molecule has 0 fully saturated rings. The van der Waals surface area contributed by atoms with Crippen molar-refractivity contribution in [1.29, 1.82) is 0 Å². The van der Waals surface area contributed by atoms with Crippen molar-refractivity contribution in [3.05, 3.63) is 59.2 Å². The number of carbonyl (C=O) groups excluding carboxylic acids is 2. The third-order valence-corrected chi connectivity index (χ3v) is 5.04. The van der Waals surface area contributed by atoms with Gasteiger partial charge in [0.25, 0.3) is 0 Å². The van der Waals surface area contributed by atoms with E-state index < -0.39 is 6.10 Å². The molecule has 6 nitrogen and oxygen atoms in total. The van der Waals surface area contributed by atoms with Crippen LogP contribution in [0.1, 0.15) is 25.0 Å². The van der Waals surface area contributed by atoms with Crippen LogP contribution in [0.3, 0.4) is 0 Å². The van der Waals surface area contributed by atoms with Gasteiger partial charge in [0.1, 0.15) is 5.75 Å². The molecular weight excluding hydrogens is 382 g/mol. The largest absolute Gasteiger partial charge is 0.504 e. The summed E-state index contributed by atoms with van der Waals surface area (Å²) >= 11 is 0. The van der Waals surface area contributed by atoms with Crippen molar-refractivity contribution in [1.82, 2.24) is 0 Å². The minimum atomic E-state index is -0.962. The standard InChI is InChI=1S/C24H25NO5/c1-4-25(5-2)18-9-8-17-13-19(24(15-26)30-22(17)14-18)20(27)10-6-16-7-11-21(28)23(12-16)29-3/h6-15,24,28H,4-5H2,1-3H3. The van der Waals surface area contributed by atoms with Gasteiger partial charge in [-0.1, -0.05) is 12.1 Å². The molecule has 1 aliphatic rings. The van der Waals surface area contributed by atoms with E-state index in [1.807, 2.05) is 18.2 Å². The Hall–Kier alpha value is -3.54. The fourth-order valence-corrected chi connectivity index (χ4v) is 3.36. The van der Waals surface area contributed by atoms with E-state index in [-0.39, 0.29) is 17.1 Å². The van der Waals surface area contributed by atoms with E-state index in [2.05, 4.69) is 18.7 Å². The van der Waals surface area contributed by atoms with Gasteiger partial charge in [-0.25, -0.2) is 0 Å². The minimum Gasteiger partial charge on any atom is -0.504 e. The Morgan fingerprint density at radius 3 is 2.63 bits per heavy atom. The molecule has 1 atom stereocenters. The summed E-state index contributed by atoms with van der Waals surface area (Å²) in [6, 6.07) is 10.5. The molecule has 1 aliphatic heterocycles. The van der Waals surface area contributed by atoms with E-state index in [4.69, 9.17) is 9.47 Å². The monoisotopic (exact) mass is 407 g/mol. The van der Waals surface area contributed by atoms with E-state index in [9.17, 15) is 14.7 Å². The van der Waals surface area contributed by atoms with E-state index in [0.717, 1.165) is 24.3 Å². The smallest absolute Gasteiger partial charge is 0.186 e. The average molecular weight is 407 g/mol. The fourth-order valence-electron chi connectivity index (χ4n) is 3.36. The quantitative estimate of drug-likeness (QED) is 0.529. The lowest BCUT2D eigenvalue weighted by atomic mass is 9.97. The van der Waals surface area contributed by atoms with Crippen LogP contribution in [-0.4, -0.2) is 43.5 Å². The molecule has 156 valence electrons. The molecule has 0 amide bonds. The molecule has 1 unspecified atom stereocenters. The van der Waals surface area contributed by atoms with Crippen molar-refractivity contribution in [2.75, 3.05) is 25.1 Å². The lowest BCUT2D eigenvalue weighted by Crippen LogP contribution is -2.28. The molecule has 0 aliphatic carbocycles. The summed E-state index contributed by atoms with van der Waals surface area (Å²) in [5.74, 6) is 0.595. The molecular formula is C24H25NO5. The van der Waals surface area contributed by atoms with Gasteiger partial charge >= 0.3 is 0 Å². The number of aldehydes is 1. The van der Waals surface area contributed by atoms with Crippen molar-refractivity contribution in [3.63, 3.8) is 0 Å². The Labute approximate surface area is 176 Å². The third kappa shape index (κ3) is 4.38. The number of nitrogens with zero attached hydrogens (tertiary/aromatic N) is 1. The van der Waals surface area contributed by atoms with Crippen LogP contribution in [0.5, 0.6) is 17.2 Å². The number of phenols is 1. The first-order valence-electron chi connectivity index (χ1n) is 9.82. The number of hydrogen-bond donors (Lipinski definition) is 1. The number of aromatic hydroxyl groups is 1. The van der Waals surface area contributed by atoms with Crippen molar-refractivity contribution in [2.45, 2.75) is 20.0 Å². The van der Waals surface area contributed by atoms with Gasteiger partial charge in [-0.05, 0) is 55.8 Å². The Balaban J connectivity index is 1.87. The molecule has 30 heavy (non-hydrogen) atoms. The van der Waals surface area contributed by atoms with Gasteiger partial charge in [0.15, 0.2) is 29.7 Å². The van der Waals surface area contributed by atoms with E-state index in [0.29, 0.717) is 23.3 Å². The summed E-state index contributed by atoms with van der Waals surface area (Å²) in [4.78, 5) is 26.6. The summed E-state index contributed by atoms with van der Waals surface area (Å²) in [5, 5.41) is 9.68.